The number of piperidine rings is 1. The lowest BCUT2D eigenvalue weighted by Gasteiger charge is -2.58. The zero-order valence-electron chi connectivity index (χ0n) is 22.3. The van der Waals surface area contributed by atoms with Crippen molar-refractivity contribution >= 4 is 53.9 Å². The zero-order valence-corrected chi connectivity index (χ0v) is 22.3. The lowest BCUT2D eigenvalue weighted by molar-refractivity contribution is -0.187. The zero-order chi connectivity index (χ0) is 29.3. The summed E-state index contributed by atoms with van der Waals surface area (Å²) in [7, 11) is 26.8. The number of anilines is 1. The van der Waals surface area contributed by atoms with Gasteiger partial charge < -0.3 is 30.2 Å². The third kappa shape index (κ3) is 5.02. The molecule has 1 aliphatic carbocycles. The number of H-pyrrole nitrogens is 1. The molecule has 1 saturated carbocycles. The number of carboxylic acids is 1. The highest BCUT2D eigenvalue weighted by atomic mass is 19.3. The van der Waals surface area contributed by atoms with Gasteiger partial charge in [0.15, 0.2) is 0 Å². The molecule has 4 N–H and O–H groups in total. The number of rotatable bonds is 7. The Hall–Kier alpha value is -2.91. The predicted molar refractivity (Wildman–Crippen MR) is 152 cm³/mol. The number of halogens is 2. The number of ether oxygens (including phenoxy) is 1. The van der Waals surface area contributed by atoms with Crippen LogP contribution in [0.5, 0.6) is 5.75 Å². The maximum atomic E-state index is 14.2. The van der Waals surface area contributed by atoms with Crippen molar-refractivity contribution in [3.8, 4) is 5.75 Å². The van der Waals surface area contributed by atoms with Gasteiger partial charge in [0, 0.05) is 52.8 Å². The maximum Gasteiger partial charge on any atom is 0.335 e. The van der Waals surface area contributed by atoms with Crippen molar-refractivity contribution < 1.29 is 28.5 Å². The Morgan fingerprint density at radius 1 is 1.20 bits per heavy atom. The average Bonchev–Trinajstić information content (AvgIpc) is 3.31. The van der Waals surface area contributed by atoms with E-state index in [0.29, 0.717) is 23.3 Å². The van der Waals surface area contributed by atoms with Gasteiger partial charge in [0.05, 0.1) is 28.4 Å². The van der Waals surface area contributed by atoms with Crippen molar-refractivity contribution in [2.75, 3.05) is 19.0 Å². The largest absolute Gasteiger partial charge is 0.496 e. The van der Waals surface area contributed by atoms with Gasteiger partial charge in [-0.15, -0.1) is 0 Å². The Morgan fingerprint density at radius 2 is 1.90 bits per heavy atom. The van der Waals surface area contributed by atoms with E-state index in [4.69, 9.17) is 36.1 Å². The van der Waals surface area contributed by atoms with Gasteiger partial charge in [0.25, 0.3) is 0 Å². The number of aromatic nitrogens is 1. The van der Waals surface area contributed by atoms with Crippen LogP contribution in [-0.2, 0) is 5.34 Å². The minimum atomic E-state index is -2.77. The second kappa shape index (κ2) is 9.58. The van der Waals surface area contributed by atoms with Crippen LogP contribution in [0, 0.1) is 12.3 Å². The first kappa shape index (κ1) is 28.6. The van der Waals surface area contributed by atoms with Gasteiger partial charge >= 0.3 is 5.97 Å². The van der Waals surface area contributed by atoms with Crippen LogP contribution in [0.1, 0.15) is 58.8 Å². The van der Waals surface area contributed by atoms with E-state index in [2.05, 4.69) is 10.3 Å². The highest BCUT2D eigenvalue weighted by molar-refractivity contribution is 6.41. The highest BCUT2D eigenvalue weighted by Gasteiger charge is 2.59. The molecular formula is C27H27B4F2N3O4. The van der Waals surface area contributed by atoms with Gasteiger partial charge in [-0.1, -0.05) is 6.07 Å². The van der Waals surface area contributed by atoms with Crippen LogP contribution in [0.15, 0.2) is 36.5 Å². The third-order valence-corrected chi connectivity index (χ3v) is 8.25. The molecule has 7 nitrogen and oxygen atoms in total. The van der Waals surface area contributed by atoms with E-state index in [-0.39, 0.29) is 37.1 Å². The third-order valence-electron chi connectivity index (χ3n) is 8.25. The molecule has 1 saturated heterocycles. The predicted octanol–water partition coefficient (Wildman–Crippen LogP) is 3.24. The fourth-order valence-electron chi connectivity index (χ4n) is 6.62. The minimum absolute atomic E-state index is 0.0938. The Kier molecular flexibility index (Phi) is 6.86. The van der Waals surface area contributed by atoms with Crippen LogP contribution in [-0.4, -0.2) is 82.6 Å². The number of methoxy groups -OCH3 is 1. The summed E-state index contributed by atoms with van der Waals surface area (Å²) >= 11 is 0. The number of alkyl halides is 2. The number of hydrogen-bond acceptors (Lipinski definition) is 5. The minimum Gasteiger partial charge on any atom is -0.496 e. The van der Waals surface area contributed by atoms with E-state index in [0.717, 1.165) is 16.5 Å². The number of aromatic carboxylic acids is 1. The molecular weight excluding hydrogens is 512 g/mol. The fourth-order valence-corrected chi connectivity index (χ4v) is 6.62. The molecule has 3 aromatic rings. The van der Waals surface area contributed by atoms with E-state index < -0.39 is 34.2 Å². The fraction of sp³-hybridized carbons (Fsp3) is 0.444. The lowest BCUT2D eigenvalue weighted by atomic mass is 9.52. The quantitative estimate of drug-likeness (QED) is 0.272. The first-order valence-corrected chi connectivity index (χ1v) is 12.9. The number of hydrogen-bond donors (Lipinski definition) is 4. The van der Waals surface area contributed by atoms with Crippen LogP contribution in [0.4, 0.5) is 14.5 Å². The molecule has 200 valence electrons. The molecule has 2 heterocycles. The summed E-state index contributed by atoms with van der Waals surface area (Å²) in [4.78, 5) is 16.7. The number of likely N-dealkylation sites (tertiary alicyclic amines) is 1. The van der Waals surface area contributed by atoms with Crippen molar-refractivity contribution in [3.05, 3.63) is 58.8 Å². The molecule has 40 heavy (non-hydrogen) atoms. The molecule has 0 bridgehead atoms. The summed E-state index contributed by atoms with van der Waals surface area (Å²) in [6.07, 6.45) is 1.88. The molecule has 2 aromatic carbocycles. The summed E-state index contributed by atoms with van der Waals surface area (Å²) in [5, 5.41) is 21.4. The molecule has 1 spiro atoms. The number of aromatic amines is 1. The monoisotopic (exact) mass is 539 g/mol. The van der Waals surface area contributed by atoms with Gasteiger partial charge in [-0.2, -0.15) is 0 Å². The molecule has 1 aromatic heterocycles. The van der Waals surface area contributed by atoms with Crippen LogP contribution in [0.2, 0.25) is 0 Å². The molecule has 8 radical (unpaired) electrons. The molecule has 13 heteroatoms. The molecule has 1 atom stereocenters. The number of carboxylic acid groups (broad SMARTS) is 1. The van der Waals surface area contributed by atoms with Gasteiger partial charge in [0.2, 0.25) is 5.92 Å². The van der Waals surface area contributed by atoms with Crippen molar-refractivity contribution in [1.29, 1.82) is 0 Å². The second-order valence-corrected chi connectivity index (χ2v) is 11.3. The summed E-state index contributed by atoms with van der Waals surface area (Å²) in [5.74, 6) is -3.52. The first-order chi connectivity index (χ1) is 18.6. The normalized spacial score (nSPS) is 20.8. The summed E-state index contributed by atoms with van der Waals surface area (Å²) in [5.41, 5.74) is -0.355. The Balaban J connectivity index is 1.67. The van der Waals surface area contributed by atoms with Crippen molar-refractivity contribution in [2.45, 2.75) is 55.4 Å². The van der Waals surface area contributed by atoms with Crippen molar-refractivity contribution in [2.24, 2.45) is 5.41 Å². The number of nitrogens with one attached hydrogen (secondary N) is 2. The number of aryl methyl sites for hydroxylation is 1. The van der Waals surface area contributed by atoms with Crippen LogP contribution >= 0.6 is 0 Å². The van der Waals surface area contributed by atoms with Crippen LogP contribution < -0.4 is 10.1 Å². The standard InChI is InChI=1S/C27H27B4F2N3O4/c1-14-9-20(40-2)21(17-5-7-34-22(14)17)26(28,29)36-8-6-24(12-25(32,33)13-24)11-19(36)16-4-3-15(23(37)38)10-18(16)35-27(30,31)39/h3-5,7,9-10,19,34-35,39H,6,8,11-13H2,1-2H3,(H,37,38). The molecule has 2 aliphatic rings. The second-order valence-electron chi connectivity index (χ2n) is 11.3. The molecule has 2 fully saturated rings. The number of fused-ring (bicyclic) bond motifs is 1. The smallest absolute Gasteiger partial charge is 0.335 e. The number of benzene rings is 2. The van der Waals surface area contributed by atoms with E-state index in [1.165, 1.54) is 19.2 Å². The van der Waals surface area contributed by atoms with E-state index >= 15 is 0 Å². The Labute approximate surface area is 236 Å². The number of aliphatic hydroxyl groups is 1. The molecule has 1 aliphatic heterocycles. The number of carbonyl (C=O) groups is 1. The van der Waals surface area contributed by atoms with Crippen LogP contribution in [0.25, 0.3) is 10.9 Å². The van der Waals surface area contributed by atoms with Gasteiger partial charge in [-0.05, 0) is 72.5 Å². The highest BCUT2D eigenvalue weighted by Crippen LogP contribution is 2.62. The van der Waals surface area contributed by atoms with E-state index in [9.17, 15) is 23.8 Å². The van der Waals surface area contributed by atoms with Gasteiger partial charge in [-0.3, -0.25) is 0 Å². The summed E-state index contributed by atoms with van der Waals surface area (Å²) in [6, 6.07) is 7.19. The molecule has 1 unspecified atom stereocenters. The van der Waals surface area contributed by atoms with Gasteiger partial charge in [0.1, 0.15) is 21.4 Å². The summed E-state index contributed by atoms with van der Waals surface area (Å²) < 4.78 is 34.1. The summed E-state index contributed by atoms with van der Waals surface area (Å²) in [6.45, 7) is 2.18. The topological polar surface area (TPSA) is 97.8 Å². The SMILES string of the molecule is [B]C([B])(O)Nc1cc(C(=O)O)ccc1C1CC2(CCN1C([B])([B])c1c(OC)cc(C)c3[nH]ccc13)CC(F)(F)C2. The molecule has 0 amide bonds. The van der Waals surface area contributed by atoms with Crippen LogP contribution in [0.3, 0.4) is 0 Å². The Morgan fingerprint density at radius 3 is 2.50 bits per heavy atom. The number of nitrogens with zero attached hydrogens (tertiary/aromatic N) is 1. The lowest BCUT2D eigenvalue weighted by Crippen LogP contribution is -2.58. The maximum absolute atomic E-state index is 14.2. The Bertz CT molecular complexity index is 1470. The first-order valence-electron chi connectivity index (χ1n) is 12.9. The van der Waals surface area contributed by atoms with E-state index in [1.807, 2.05) is 19.1 Å². The average molecular weight is 539 g/mol. The van der Waals surface area contributed by atoms with Crippen molar-refractivity contribution in [1.82, 2.24) is 9.88 Å². The molecule has 5 rings (SSSR count). The van der Waals surface area contributed by atoms with Gasteiger partial charge in [-0.25, -0.2) is 13.6 Å². The van der Waals surface area contributed by atoms with Crippen molar-refractivity contribution in [3.63, 3.8) is 0 Å². The van der Waals surface area contributed by atoms with E-state index in [1.54, 1.807) is 17.2 Å².